The van der Waals surface area contributed by atoms with Gasteiger partial charge in [0.1, 0.15) is 5.75 Å². The molecule has 1 atom stereocenters. The van der Waals surface area contributed by atoms with E-state index in [-0.39, 0.29) is 11.7 Å². The number of unbranched alkanes of at least 4 members (excludes halogenated alkanes) is 3. The van der Waals surface area contributed by atoms with Crippen molar-refractivity contribution in [1.82, 2.24) is 0 Å². The summed E-state index contributed by atoms with van der Waals surface area (Å²) in [6, 6.07) is 4.85. The SMILES string of the molecule is CCCCOC(=O)C1(CCCCCOc2cccc(C(F)(F)F)c2)CO1. The summed E-state index contributed by atoms with van der Waals surface area (Å²) in [6.07, 6.45) is 0.297. The van der Waals surface area contributed by atoms with E-state index in [1.54, 1.807) is 0 Å². The van der Waals surface area contributed by atoms with E-state index in [0.717, 1.165) is 37.8 Å². The van der Waals surface area contributed by atoms with Crippen molar-refractivity contribution in [2.24, 2.45) is 0 Å². The van der Waals surface area contributed by atoms with Crippen molar-refractivity contribution in [3.63, 3.8) is 0 Å². The summed E-state index contributed by atoms with van der Waals surface area (Å²) in [5.41, 5.74) is -1.49. The van der Waals surface area contributed by atoms with Gasteiger partial charge in [-0.3, -0.25) is 0 Å². The molecule has 146 valence electrons. The number of ether oxygens (including phenoxy) is 3. The Kier molecular flexibility index (Phi) is 7.32. The molecule has 1 aliphatic rings. The Morgan fingerprint density at radius 1 is 1.19 bits per heavy atom. The zero-order valence-electron chi connectivity index (χ0n) is 14.9. The van der Waals surface area contributed by atoms with Gasteiger partial charge in [-0.15, -0.1) is 0 Å². The summed E-state index contributed by atoms with van der Waals surface area (Å²) in [5.74, 6) is -0.0764. The minimum absolute atomic E-state index is 0.210. The highest BCUT2D eigenvalue weighted by Gasteiger charge is 2.53. The van der Waals surface area contributed by atoms with Gasteiger partial charge in [0.2, 0.25) is 0 Å². The second-order valence-corrected chi connectivity index (χ2v) is 6.46. The van der Waals surface area contributed by atoms with E-state index >= 15 is 0 Å². The van der Waals surface area contributed by atoms with Crippen LogP contribution in [0.15, 0.2) is 24.3 Å². The molecule has 1 aromatic carbocycles. The number of halogens is 3. The topological polar surface area (TPSA) is 48.1 Å². The van der Waals surface area contributed by atoms with Crippen LogP contribution in [0.2, 0.25) is 0 Å². The fourth-order valence-corrected chi connectivity index (χ4v) is 2.53. The Bertz CT molecular complexity index is 582. The summed E-state index contributed by atoms with van der Waals surface area (Å²) < 4.78 is 53.8. The highest BCUT2D eigenvalue weighted by atomic mass is 19.4. The van der Waals surface area contributed by atoms with Gasteiger partial charge in [0, 0.05) is 0 Å². The predicted molar refractivity (Wildman–Crippen MR) is 90.0 cm³/mol. The zero-order chi connectivity index (χ0) is 19.0. The van der Waals surface area contributed by atoms with Crippen molar-refractivity contribution in [1.29, 1.82) is 0 Å². The van der Waals surface area contributed by atoms with Crippen molar-refractivity contribution >= 4 is 5.97 Å². The fourth-order valence-electron chi connectivity index (χ4n) is 2.53. The van der Waals surface area contributed by atoms with E-state index in [9.17, 15) is 18.0 Å². The van der Waals surface area contributed by atoms with Gasteiger partial charge in [0.25, 0.3) is 0 Å². The van der Waals surface area contributed by atoms with Crippen molar-refractivity contribution < 1.29 is 32.2 Å². The molecule has 4 nitrogen and oxygen atoms in total. The maximum Gasteiger partial charge on any atom is 0.416 e. The maximum absolute atomic E-state index is 12.6. The number of alkyl halides is 3. The summed E-state index contributed by atoms with van der Waals surface area (Å²) in [7, 11) is 0. The van der Waals surface area contributed by atoms with Gasteiger partial charge in [-0.25, -0.2) is 4.79 Å². The van der Waals surface area contributed by atoms with E-state index in [2.05, 4.69) is 0 Å². The van der Waals surface area contributed by atoms with Crippen molar-refractivity contribution in [3.8, 4) is 5.75 Å². The maximum atomic E-state index is 12.6. The molecule has 2 rings (SSSR count). The van der Waals surface area contributed by atoms with Crippen molar-refractivity contribution in [3.05, 3.63) is 29.8 Å². The molecule has 1 aliphatic heterocycles. The van der Waals surface area contributed by atoms with Gasteiger partial charge in [-0.1, -0.05) is 19.4 Å². The first-order valence-corrected chi connectivity index (χ1v) is 8.99. The third-order valence-electron chi connectivity index (χ3n) is 4.25. The number of hydrogen-bond donors (Lipinski definition) is 0. The lowest BCUT2D eigenvalue weighted by atomic mass is 10.0. The molecule has 1 fully saturated rings. The molecule has 0 saturated carbocycles. The Morgan fingerprint density at radius 3 is 2.62 bits per heavy atom. The van der Waals surface area contributed by atoms with E-state index in [1.165, 1.54) is 12.1 Å². The van der Waals surface area contributed by atoms with Crippen molar-refractivity contribution in [2.75, 3.05) is 19.8 Å². The Hall–Kier alpha value is -1.76. The highest BCUT2D eigenvalue weighted by molar-refractivity contribution is 5.82. The molecular weight excluding hydrogens is 349 g/mol. The van der Waals surface area contributed by atoms with E-state index in [4.69, 9.17) is 14.2 Å². The Balaban J connectivity index is 1.62. The van der Waals surface area contributed by atoms with Crippen LogP contribution in [0.1, 0.15) is 51.0 Å². The first-order valence-electron chi connectivity index (χ1n) is 8.99. The highest BCUT2D eigenvalue weighted by Crippen LogP contribution is 2.34. The minimum Gasteiger partial charge on any atom is -0.494 e. The fraction of sp³-hybridized carbons (Fsp3) is 0.632. The van der Waals surface area contributed by atoms with Gasteiger partial charge in [-0.05, 0) is 50.3 Å². The molecule has 1 unspecified atom stereocenters. The summed E-state index contributed by atoms with van der Waals surface area (Å²) in [5, 5.41) is 0. The first kappa shape index (κ1) is 20.6. The molecule has 1 saturated heterocycles. The normalized spacial score (nSPS) is 19.2. The number of carbonyl (C=O) groups is 1. The van der Waals surface area contributed by atoms with Gasteiger partial charge in [-0.2, -0.15) is 13.2 Å². The number of epoxide rings is 1. The first-order chi connectivity index (χ1) is 12.4. The number of benzene rings is 1. The van der Waals surface area contributed by atoms with Gasteiger partial charge in [0.15, 0.2) is 5.60 Å². The summed E-state index contributed by atoms with van der Waals surface area (Å²) in [4.78, 5) is 12.0. The summed E-state index contributed by atoms with van der Waals surface area (Å²) in [6.45, 7) is 3.18. The predicted octanol–water partition coefficient (Wildman–Crippen LogP) is 4.76. The molecule has 0 aromatic heterocycles. The number of rotatable bonds is 11. The number of hydrogen-bond acceptors (Lipinski definition) is 4. The molecule has 0 bridgehead atoms. The lowest BCUT2D eigenvalue weighted by Crippen LogP contribution is -2.27. The van der Waals surface area contributed by atoms with Crippen LogP contribution in [0.5, 0.6) is 5.75 Å². The molecule has 0 aliphatic carbocycles. The van der Waals surface area contributed by atoms with Crippen LogP contribution in [0, 0.1) is 0 Å². The van der Waals surface area contributed by atoms with Crippen LogP contribution in [-0.4, -0.2) is 31.4 Å². The standard InChI is InChI=1S/C19H25F3O4/c1-2-3-11-25-17(23)18(14-26-18)10-5-4-6-12-24-16-9-7-8-15(13-16)19(20,21)22/h7-9,13H,2-6,10-12,14H2,1H3. The average Bonchev–Trinajstić information content (AvgIpc) is 3.39. The van der Waals surface area contributed by atoms with Gasteiger partial charge >= 0.3 is 12.1 Å². The van der Waals surface area contributed by atoms with E-state index < -0.39 is 17.3 Å². The Labute approximate surface area is 151 Å². The molecule has 0 amide bonds. The summed E-state index contributed by atoms with van der Waals surface area (Å²) >= 11 is 0. The second kappa shape index (κ2) is 9.26. The molecule has 0 N–H and O–H groups in total. The van der Waals surface area contributed by atoms with Crippen LogP contribution in [-0.2, 0) is 20.4 Å². The number of carbonyl (C=O) groups excluding carboxylic acids is 1. The lowest BCUT2D eigenvalue weighted by Gasteiger charge is -2.12. The molecule has 0 spiro atoms. The molecule has 7 heteroatoms. The van der Waals surface area contributed by atoms with Crippen LogP contribution in [0.4, 0.5) is 13.2 Å². The monoisotopic (exact) mass is 374 g/mol. The molecular formula is C19H25F3O4. The lowest BCUT2D eigenvalue weighted by molar-refractivity contribution is -0.150. The van der Waals surface area contributed by atoms with Crippen LogP contribution in [0.25, 0.3) is 0 Å². The third-order valence-corrected chi connectivity index (χ3v) is 4.25. The quantitative estimate of drug-likeness (QED) is 0.318. The van der Waals surface area contributed by atoms with Crippen LogP contribution >= 0.6 is 0 Å². The third kappa shape index (κ3) is 6.20. The van der Waals surface area contributed by atoms with Crippen LogP contribution < -0.4 is 4.74 Å². The Morgan fingerprint density at radius 2 is 1.96 bits per heavy atom. The van der Waals surface area contributed by atoms with Gasteiger partial charge < -0.3 is 14.2 Å². The van der Waals surface area contributed by atoms with E-state index in [0.29, 0.717) is 32.7 Å². The number of esters is 1. The largest absolute Gasteiger partial charge is 0.494 e. The zero-order valence-corrected chi connectivity index (χ0v) is 14.9. The minimum atomic E-state index is -4.37. The molecule has 26 heavy (non-hydrogen) atoms. The molecule has 1 aromatic rings. The average molecular weight is 374 g/mol. The van der Waals surface area contributed by atoms with Gasteiger partial charge in [0.05, 0.1) is 25.4 Å². The second-order valence-electron chi connectivity index (χ2n) is 6.46. The van der Waals surface area contributed by atoms with Crippen molar-refractivity contribution in [2.45, 2.75) is 57.2 Å². The van der Waals surface area contributed by atoms with Crippen LogP contribution in [0.3, 0.4) is 0 Å². The smallest absolute Gasteiger partial charge is 0.416 e. The van der Waals surface area contributed by atoms with E-state index in [1.807, 2.05) is 6.92 Å². The molecule has 1 heterocycles. The molecule has 0 radical (unpaired) electrons.